The number of ether oxygens (including phenoxy) is 2. The number of hydrogen-bond donors (Lipinski definition) is 1. The smallest absolute Gasteiger partial charge is 0.338 e. The van der Waals surface area contributed by atoms with E-state index in [1.165, 1.54) is 31.4 Å². The molecule has 0 fully saturated rings. The number of aryl methyl sites for hydroxylation is 1. The molecule has 0 aromatic heterocycles. The molecule has 3 rings (SSSR count). The summed E-state index contributed by atoms with van der Waals surface area (Å²) in [5, 5.41) is 0. The number of rotatable bonds is 9. The zero-order chi connectivity index (χ0) is 24.0. The zero-order valence-electron chi connectivity index (χ0n) is 18.7. The van der Waals surface area contributed by atoms with E-state index in [2.05, 4.69) is 4.72 Å². The van der Waals surface area contributed by atoms with E-state index in [1.807, 2.05) is 12.1 Å². The molecule has 1 N–H and O–H groups in total. The number of benzene rings is 3. The molecule has 0 saturated carbocycles. The second kappa shape index (κ2) is 10.6. The number of carbonyl (C=O) groups excluding carboxylic acids is 1. The van der Waals surface area contributed by atoms with Crippen molar-refractivity contribution < 1.29 is 27.1 Å². The highest BCUT2D eigenvalue weighted by atomic mass is 32.2. The molecule has 0 amide bonds. The van der Waals surface area contributed by atoms with Gasteiger partial charge in [0.15, 0.2) is 0 Å². The van der Waals surface area contributed by atoms with Crippen molar-refractivity contribution in [2.45, 2.75) is 31.8 Å². The predicted molar refractivity (Wildman–Crippen MR) is 123 cm³/mol. The molecule has 174 valence electrons. The van der Waals surface area contributed by atoms with Gasteiger partial charge >= 0.3 is 5.97 Å². The van der Waals surface area contributed by atoms with Gasteiger partial charge in [0.25, 0.3) is 0 Å². The second-order valence-electron chi connectivity index (χ2n) is 7.61. The summed E-state index contributed by atoms with van der Waals surface area (Å²) in [7, 11) is -2.53. The van der Waals surface area contributed by atoms with Crippen molar-refractivity contribution in [3.8, 4) is 5.75 Å². The summed E-state index contributed by atoms with van der Waals surface area (Å²) < 4.78 is 51.5. The van der Waals surface area contributed by atoms with Gasteiger partial charge in [0.2, 0.25) is 10.0 Å². The lowest BCUT2D eigenvalue weighted by atomic mass is 10.0. The van der Waals surface area contributed by atoms with E-state index in [0.717, 1.165) is 11.1 Å². The summed E-state index contributed by atoms with van der Waals surface area (Å²) in [6.45, 7) is 4.01. The van der Waals surface area contributed by atoms with Crippen LogP contribution in [0, 0.1) is 19.7 Å². The molecule has 6 nitrogen and oxygen atoms in total. The average Bonchev–Trinajstić information content (AvgIpc) is 2.80. The van der Waals surface area contributed by atoms with E-state index in [9.17, 15) is 17.6 Å². The average molecular weight is 472 g/mol. The van der Waals surface area contributed by atoms with Gasteiger partial charge in [-0.15, -0.1) is 0 Å². The highest BCUT2D eigenvalue weighted by molar-refractivity contribution is 7.89. The second-order valence-corrected chi connectivity index (χ2v) is 9.38. The highest BCUT2D eigenvalue weighted by Gasteiger charge is 2.20. The van der Waals surface area contributed by atoms with Crippen LogP contribution in [-0.2, 0) is 27.8 Å². The summed E-state index contributed by atoms with van der Waals surface area (Å²) >= 11 is 0. The molecule has 0 aliphatic carbocycles. The number of esters is 1. The molecule has 0 aliphatic heterocycles. The lowest BCUT2D eigenvalue weighted by Gasteiger charge is -2.12. The van der Waals surface area contributed by atoms with Gasteiger partial charge in [-0.3, -0.25) is 0 Å². The Bertz CT molecular complexity index is 1220. The fourth-order valence-electron chi connectivity index (χ4n) is 3.22. The number of halogens is 1. The van der Waals surface area contributed by atoms with Crippen molar-refractivity contribution in [1.82, 2.24) is 4.72 Å². The van der Waals surface area contributed by atoms with Crippen molar-refractivity contribution in [3.63, 3.8) is 0 Å². The first-order valence-corrected chi connectivity index (χ1v) is 11.8. The fraction of sp³-hybridized carbons (Fsp3) is 0.240. The Morgan fingerprint density at radius 3 is 2.24 bits per heavy atom. The summed E-state index contributed by atoms with van der Waals surface area (Å²) in [4.78, 5) is 12.0. The van der Waals surface area contributed by atoms with Crippen molar-refractivity contribution in [3.05, 3.63) is 94.3 Å². The number of nitrogens with one attached hydrogen (secondary N) is 1. The maximum Gasteiger partial charge on any atom is 0.338 e. The summed E-state index contributed by atoms with van der Waals surface area (Å²) in [5.74, 6) is -0.205. The monoisotopic (exact) mass is 471 g/mol. The quantitative estimate of drug-likeness (QED) is 0.470. The lowest BCUT2D eigenvalue weighted by Crippen LogP contribution is -2.26. The van der Waals surface area contributed by atoms with Crippen molar-refractivity contribution in [2.24, 2.45) is 0 Å². The minimum atomic E-state index is -3.79. The van der Waals surface area contributed by atoms with E-state index < -0.39 is 16.0 Å². The molecule has 0 spiro atoms. The van der Waals surface area contributed by atoms with Crippen molar-refractivity contribution in [1.29, 1.82) is 0 Å². The zero-order valence-corrected chi connectivity index (χ0v) is 19.5. The maximum absolute atomic E-state index is 13.0. The number of carbonyl (C=O) groups is 1. The van der Waals surface area contributed by atoms with Crippen LogP contribution in [0.5, 0.6) is 5.75 Å². The first-order valence-electron chi connectivity index (χ1n) is 10.3. The number of sulfonamides is 1. The Balaban J connectivity index is 1.57. The minimum Gasteiger partial charge on any atom is -0.489 e. The van der Waals surface area contributed by atoms with E-state index in [4.69, 9.17) is 9.47 Å². The molecule has 3 aromatic carbocycles. The molecule has 0 radical (unpaired) electrons. The molecule has 0 atom stereocenters. The predicted octanol–water partition coefficient (Wildman–Crippen LogP) is 4.33. The van der Waals surface area contributed by atoms with Crippen molar-refractivity contribution in [2.75, 3.05) is 13.7 Å². The third-order valence-electron chi connectivity index (χ3n) is 5.30. The van der Waals surface area contributed by atoms with Crippen LogP contribution in [0.1, 0.15) is 32.6 Å². The Labute approximate surface area is 193 Å². The van der Waals surface area contributed by atoms with E-state index in [0.29, 0.717) is 29.9 Å². The van der Waals surface area contributed by atoms with Gasteiger partial charge in [0, 0.05) is 6.54 Å². The first-order chi connectivity index (χ1) is 15.7. The standard InChI is InChI=1S/C25H26FNO5S/c1-17-14-23(15-24(18(17)2)25(28)31-3)33(29,30)27-13-12-19-6-10-22(11-7-19)32-16-20-4-8-21(26)9-5-20/h4-11,14-15,27H,12-13,16H2,1-3H3. The maximum atomic E-state index is 13.0. The molecule has 0 aliphatic rings. The first kappa shape index (κ1) is 24.4. The van der Waals surface area contributed by atoms with Gasteiger partial charge in [-0.25, -0.2) is 22.3 Å². The molecule has 0 bridgehead atoms. The Hall–Kier alpha value is -3.23. The summed E-state index contributed by atoms with van der Waals surface area (Å²) in [6, 6.07) is 16.3. The van der Waals surface area contributed by atoms with Gasteiger partial charge in [-0.1, -0.05) is 24.3 Å². The van der Waals surface area contributed by atoms with E-state index in [-0.39, 0.29) is 22.8 Å². The van der Waals surface area contributed by atoms with Crippen LogP contribution in [0.25, 0.3) is 0 Å². The van der Waals surface area contributed by atoms with Crippen molar-refractivity contribution >= 4 is 16.0 Å². The molecule has 0 unspecified atom stereocenters. The van der Waals surface area contributed by atoms with Gasteiger partial charge in [-0.2, -0.15) is 0 Å². The van der Waals surface area contributed by atoms with Crippen LogP contribution in [-0.4, -0.2) is 28.0 Å². The van der Waals surface area contributed by atoms with Gasteiger partial charge in [0.05, 0.1) is 17.6 Å². The van der Waals surface area contributed by atoms with Crippen LogP contribution >= 0.6 is 0 Å². The molecule has 8 heteroatoms. The Morgan fingerprint density at radius 1 is 0.970 bits per heavy atom. The normalized spacial score (nSPS) is 11.3. The summed E-state index contributed by atoms with van der Waals surface area (Å²) in [6.07, 6.45) is 0.478. The van der Waals surface area contributed by atoms with Crippen LogP contribution in [0.2, 0.25) is 0 Å². The number of methoxy groups -OCH3 is 1. The third kappa shape index (κ3) is 6.40. The van der Waals surface area contributed by atoms with Crippen LogP contribution in [0.4, 0.5) is 4.39 Å². The molecular weight excluding hydrogens is 445 g/mol. The molecule has 3 aromatic rings. The number of hydrogen-bond acceptors (Lipinski definition) is 5. The SMILES string of the molecule is COC(=O)c1cc(S(=O)(=O)NCCc2ccc(OCc3ccc(F)cc3)cc2)cc(C)c1C. The molecule has 33 heavy (non-hydrogen) atoms. The molecule has 0 saturated heterocycles. The highest BCUT2D eigenvalue weighted by Crippen LogP contribution is 2.21. The van der Waals surface area contributed by atoms with Crippen LogP contribution in [0.3, 0.4) is 0 Å². The van der Waals surface area contributed by atoms with E-state index >= 15 is 0 Å². The topological polar surface area (TPSA) is 81.7 Å². The van der Waals surface area contributed by atoms with Gasteiger partial charge in [0.1, 0.15) is 18.2 Å². The lowest BCUT2D eigenvalue weighted by molar-refractivity contribution is 0.0599. The van der Waals surface area contributed by atoms with E-state index in [1.54, 1.807) is 38.1 Å². The largest absolute Gasteiger partial charge is 0.489 e. The molecular formula is C25H26FNO5S. The minimum absolute atomic E-state index is 0.0236. The van der Waals surface area contributed by atoms with Crippen LogP contribution < -0.4 is 9.46 Å². The molecule has 0 heterocycles. The fourth-order valence-corrected chi connectivity index (χ4v) is 4.36. The van der Waals surface area contributed by atoms with Gasteiger partial charge in [-0.05, 0) is 78.9 Å². The van der Waals surface area contributed by atoms with Gasteiger partial charge < -0.3 is 9.47 Å². The Kier molecular flexibility index (Phi) is 7.84. The Morgan fingerprint density at radius 2 is 1.61 bits per heavy atom. The third-order valence-corrected chi connectivity index (χ3v) is 6.74. The van der Waals surface area contributed by atoms with Crippen LogP contribution in [0.15, 0.2) is 65.6 Å². The summed E-state index contributed by atoms with van der Waals surface area (Å²) in [5.41, 5.74) is 3.39.